The van der Waals surface area contributed by atoms with E-state index in [4.69, 9.17) is 34.2 Å². The number of hydrogen-bond donors (Lipinski definition) is 3. The van der Waals surface area contributed by atoms with E-state index in [-0.39, 0.29) is 57.4 Å². The van der Waals surface area contributed by atoms with Crippen LogP contribution in [0.3, 0.4) is 0 Å². The fourth-order valence-corrected chi connectivity index (χ4v) is 6.18. The number of aryl methyl sites for hydroxylation is 1. The lowest BCUT2D eigenvalue weighted by Gasteiger charge is -2.36. The molecule has 16 heteroatoms. The summed E-state index contributed by atoms with van der Waals surface area (Å²) in [6.07, 6.45) is 2.35. The van der Waals surface area contributed by atoms with Crippen LogP contribution in [-0.2, 0) is 54.1 Å². The minimum atomic E-state index is -0.913. The van der Waals surface area contributed by atoms with Crippen LogP contribution in [0.1, 0.15) is 89.4 Å². The third kappa shape index (κ3) is 16.6. The molecule has 4 N–H and O–H groups in total. The van der Waals surface area contributed by atoms with Gasteiger partial charge in [0, 0.05) is 43.5 Å². The topological polar surface area (TPSA) is 211 Å². The number of likely N-dealkylation sites (tertiary alicyclic amines) is 1. The van der Waals surface area contributed by atoms with Crippen molar-refractivity contribution in [3.05, 3.63) is 53.6 Å². The van der Waals surface area contributed by atoms with Gasteiger partial charge < -0.3 is 49.7 Å². The molecule has 0 spiro atoms. The second kappa shape index (κ2) is 25.4. The molecule has 16 nitrogen and oxygen atoms in total. The SMILES string of the molecule is CCC(C)(C)C(=O)C(=O)N1CCCCC1C(=O)OC(CCc1ccc(OC)c(OC)c1)c1cccc(NC(=O)CCC(=O)NCCOCCOCCOCCC(N)=O)c1. The molecule has 326 valence electrons. The van der Waals surface area contributed by atoms with Crippen molar-refractivity contribution in [2.45, 2.75) is 90.7 Å². The third-order valence-corrected chi connectivity index (χ3v) is 10.1. The second-order valence-corrected chi connectivity index (χ2v) is 14.8. The van der Waals surface area contributed by atoms with Crippen molar-refractivity contribution in [3.63, 3.8) is 0 Å². The Kier molecular flexibility index (Phi) is 20.8. The normalized spacial score (nSPS) is 14.5. The highest BCUT2D eigenvalue weighted by molar-refractivity contribution is 6.38. The van der Waals surface area contributed by atoms with E-state index in [1.165, 1.54) is 4.90 Å². The molecule has 0 aliphatic carbocycles. The number of benzene rings is 2. The Balaban J connectivity index is 1.59. The first kappa shape index (κ1) is 48.3. The van der Waals surface area contributed by atoms with Crippen LogP contribution >= 0.6 is 0 Å². The molecule has 0 radical (unpaired) electrons. The molecule has 0 aromatic heterocycles. The van der Waals surface area contributed by atoms with Crippen molar-refractivity contribution in [2.75, 3.05) is 72.3 Å². The third-order valence-electron chi connectivity index (χ3n) is 10.1. The maximum Gasteiger partial charge on any atom is 0.329 e. The highest BCUT2D eigenvalue weighted by atomic mass is 16.6. The molecule has 0 saturated carbocycles. The number of piperidine rings is 1. The van der Waals surface area contributed by atoms with E-state index in [0.29, 0.717) is 87.7 Å². The number of esters is 1. The summed E-state index contributed by atoms with van der Waals surface area (Å²) in [5, 5.41) is 5.56. The number of rotatable bonds is 27. The van der Waals surface area contributed by atoms with E-state index >= 15 is 0 Å². The monoisotopic (exact) mass is 826 g/mol. The number of amides is 4. The van der Waals surface area contributed by atoms with Crippen LogP contribution < -0.4 is 25.8 Å². The average Bonchev–Trinajstić information content (AvgIpc) is 3.23. The van der Waals surface area contributed by atoms with Gasteiger partial charge in [0.05, 0.1) is 53.9 Å². The number of primary amides is 1. The zero-order valence-electron chi connectivity index (χ0n) is 35.1. The Morgan fingerprint density at radius 1 is 0.831 bits per heavy atom. The molecular weight excluding hydrogens is 764 g/mol. The van der Waals surface area contributed by atoms with E-state index in [1.54, 1.807) is 58.4 Å². The number of nitrogens with two attached hydrogens (primary N) is 1. The van der Waals surface area contributed by atoms with E-state index < -0.39 is 41.1 Å². The van der Waals surface area contributed by atoms with Gasteiger partial charge in [-0.05, 0) is 73.9 Å². The summed E-state index contributed by atoms with van der Waals surface area (Å²) in [7, 11) is 3.11. The largest absolute Gasteiger partial charge is 0.493 e. The summed E-state index contributed by atoms with van der Waals surface area (Å²) in [5.41, 5.74) is 6.16. The Bertz CT molecular complexity index is 1700. The molecule has 59 heavy (non-hydrogen) atoms. The number of ether oxygens (including phenoxy) is 6. The summed E-state index contributed by atoms with van der Waals surface area (Å²) in [6, 6.07) is 11.6. The number of Topliss-reactive ketones (excluding diaryl/α,β-unsaturated/α-hetero) is 1. The minimum Gasteiger partial charge on any atom is -0.493 e. The van der Waals surface area contributed by atoms with Gasteiger partial charge in [0.2, 0.25) is 23.5 Å². The van der Waals surface area contributed by atoms with Crippen molar-refractivity contribution >= 4 is 41.1 Å². The molecular formula is C43H62N4O12. The minimum absolute atomic E-state index is 0.0372. The molecule has 1 saturated heterocycles. The van der Waals surface area contributed by atoms with Crippen molar-refractivity contribution < 1.29 is 57.2 Å². The van der Waals surface area contributed by atoms with Gasteiger partial charge in [-0.25, -0.2) is 4.79 Å². The van der Waals surface area contributed by atoms with Crippen molar-refractivity contribution in [1.82, 2.24) is 10.2 Å². The van der Waals surface area contributed by atoms with Crippen LogP contribution in [0.4, 0.5) is 5.69 Å². The fraction of sp³-hybridized carbons (Fsp3) is 0.581. The molecule has 0 bridgehead atoms. The van der Waals surface area contributed by atoms with E-state index in [9.17, 15) is 28.8 Å². The lowest BCUT2D eigenvalue weighted by Crippen LogP contribution is -2.53. The first-order chi connectivity index (χ1) is 28.3. The first-order valence-electron chi connectivity index (χ1n) is 20.2. The van der Waals surface area contributed by atoms with E-state index in [2.05, 4.69) is 10.6 Å². The standard InChI is InChI=1S/C43H62N4O12/c1-6-43(2,3)40(51)41(52)47-21-8-7-12-33(47)42(53)59-34(15-13-30-14-16-35(54-4)36(28-30)55-5)31-10-9-11-32(29-31)46-39(50)18-17-38(49)45-20-23-57-25-27-58-26-24-56-22-19-37(44)48/h9-11,14,16,28-29,33-34H,6-8,12-13,15,17-27H2,1-5H3,(H2,44,48)(H,45,49)(H,46,50). The van der Waals surface area contributed by atoms with Gasteiger partial charge in [0.1, 0.15) is 12.1 Å². The van der Waals surface area contributed by atoms with Crippen LogP contribution in [0.5, 0.6) is 11.5 Å². The maximum absolute atomic E-state index is 14.0. The zero-order valence-corrected chi connectivity index (χ0v) is 35.1. The summed E-state index contributed by atoms with van der Waals surface area (Å²) >= 11 is 0. The summed E-state index contributed by atoms with van der Waals surface area (Å²) in [5.74, 6) is -1.77. The summed E-state index contributed by atoms with van der Waals surface area (Å²) in [6.45, 7) is 7.73. The van der Waals surface area contributed by atoms with Gasteiger partial charge >= 0.3 is 5.97 Å². The van der Waals surface area contributed by atoms with Crippen molar-refractivity contribution in [1.29, 1.82) is 0 Å². The lowest BCUT2D eigenvalue weighted by atomic mass is 9.84. The molecule has 2 unspecified atom stereocenters. The Hall–Kier alpha value is -5.06. The van der Waals surface area contributed by atoms with E-state index in [1.807, 2.05) is 19.1 Å². The van der Waals surface area contributed by atoms with Crippen LogP contribution in [0.2, 0.25) is 0 Å². The van der Waals surface area contributed by atoms with Gasteiger partial charge in [0.15, 0.2) is 11.5 Å². The molecule has 2 aromatic carbocycles. The van der Waals surface area contributed by atoms with Crippen LogP contribution in [-0.4, -0.2) is 113 Å². The molecule has 1 aliphatic rings. The van der Waals surface area contributed by atoms with Crippen LogP contribution in [0, 0.1) is 5.41 Å². The second-order valence-electron chi connectivity index (χ2n) is 14.8. The van der Waals surface area contributed by atoms with Crippen LogP contribution in [0.15, 0.2) is 42.5 Å². The van der Waals surface area contributed by atoms with Gasteiger partial charge in [-0.3, -0.25) is 24.0 Å². The molecule has 3 rings (SSSR count). The smallest absolute Gasteiger partial charge is 0.329 e. The van der Waals surface area contributed by atoms with E-state index in [0.717, 1.165) is 5.56 Å². The number of ketones is 1. The number of nitrogens with one attached hydrogen (secondary N) is 2. The molecule has 4 amide bonds. The predicted molar refractivity (Wildman–Crippen MR) is 219 cm³/mol. The molecule has 2 atom stereocenters. The van der Waals surface area contributed by atoms with Gasteiger partial charge in [-0.15, -0.1) is 0 Å². The Morgan fingerprint density at radius 3 is 2.19 bits per heavy atom. The number of anilines is 1. The molecule has 2 aromatic rings. The quantitative estimate of drug-likeness (QED) is 0.0662. The number of methoxy groups -OCH3 is 2. The number of hydrogen-bond acceptors (Lipinski definition) is 12. The molecule has 1 fully saturated rings. The average molecular weight is 827 g/mol. The van der Waals surface area contributed by atoms with Crippen molar-refractivity contribution in [2.24, 2.45) is 11.1 Å². The molecule has 1 aliphatic heterocycles. The number of carbonyl (C=O) groups excluding carboxylic acids is 6. The predicted octanol–water partition coefficient (Wildman–Crippen LogP) is 4.07. The summed E-state index contributed by atoms with van der Waals surface area (Å²) in [4.78, 5) is 77.9. The first-order valence-corrected chi connectivity index (χ1v) is 20.2. The zero-order chi connectivity index (χ0) is 43.2. The molecule has 1 heterocycles. The number of carbonyl (C=O) groups is 6. The van der Waals surface area contributed by atoms with Gasteiger partial charge in [-0.1, -0.05) is 39.0 Å². The van der Waals surface area contributed by atoms with Crippen LogP contribution in [0.25, 0.3) is 0 Å². The highest BCUT2D eigenvalue weighted by Crippen LogP contribution is 2.32. The Labute approximate surface area is 347 Å². The fourth-order valence-electron chi connectivity index (χ4n) is 6.18. The van der Waals surface area contributed by atoms with Gasteiger partial charge in [-0.2, -0.15) is 0 Å². The van der Waals surface area contributed by atoms with Crippen molar-refractivity contribution in [3.8, 4) is 11.5 Å². The maximum atomic E-state index is 14.0. The number of nitrogens with zero attached hydrogens (tertiary/aromatic N) is 1. The lowest BCUT2D eigenvalue weighted by molar-refractivity contribution is -0.164. The van der Waals surface area contributed by atoms with Gasteiger partial charge in [0.25, 0.3) is 5.91 Å². The highest BCUT2D eigenvalue weighted by Gasteiger charge is 2.41. The Morgan fingerprint density at radius 2 is 1.51 bits per heavy atom. The summed E-state index contributed by atoms with van der Waals surface area (Å²) < 4.78 is 33.1.